The molecule has 5 aromatic rings. The molecule has 1 aromatic carbocycles. The number of hydrogen-bond donors (Lipinski definition) is 4. The highest BCUT2D eigenvalue weighted by atomic mass is 19.1. The average Bonchev–Trinajstić information content (AvgIpc) is 3.39. The maximum atomic E-state index is 14.8. The maximum absolute atomic E-state index is 14.8. The van der Waals surface area contributed by atoms with E-state index < -0.39 is 11.7 Å². The van der Waals surface area contributed by atoms with Gasteiger partial charge in [-0.2, -0.15) is 0 Å². The molecule has 218 valence electrons. The Morgan fingerprint density at radius 1 is 1.00 bits per heavy atom. The lowest BCUT2D eigenvalue weighted by Crippen LogP contribution is -2.45. The third-order valence-corrected chi connectivity index (χ3v) is 8.00. The molecule has 0 atom stereocenters. The number of aliphatic hydroxyl groups excluding tert-OH is 1. The standard InChI is InChI=1S/C29H30FN7O5/c1-31-22-12-17(30)11-18-23-25(35-2-6-41-7-3-35)20(14-32-27(23)34-24(18)22)16-10-19-26(38)21(29(39)40)15-37(28(19)33-13-16)36-4-8-42-9-5-36/h10-15,29,31,39-40H,2-9H2,1H3,(H,32,34). The van der Waals surface area contributed by atoms with Gasteiger partial charge in [-0.25, -0.2) is 19.0 Å². The number of morpholine rings is 2. The van der Waals surface area contributed by atoms with Crippen molar-refractivity contribution in [2.75, 3.05) is 74.9 Å². The van der Waals surface area contributed by atoms with E-state index in [1.807, 2.05) is 5.01 Å². The average molecular weight is 576 g/mol. The van der Waals surface area contributed by atoms with Crippen molar-refractivity contribution in [1.82, 2.24) is 19.6 Å². The number of ether oxygens (including phenoxy) is 2. The molecule has 2 aliphatic rings. The molecular weight excluding hydrogens is 545 g/mol. The number of rotatable bonds is 5. The van der Waals surface area contributed by atoms with Crippen molar-refractivity contribution in [2.24, 2.45) is 0 Å². The number of aliphatic hydroxyl groups is 2. The highest BCUT2D eigenvalue weighted by molar-refractivity contribution is 6.17. The number of halogens is 1. The van der Waals surface area contributed by atoms with Crippen LogP contribution in [-0.4, -0.2) is 89.5 Å². The molecule has 0 saturated carbocycles. The van der Waals surface area contributed by atoms with Gasteiger partial charge in [0.1, 0.15) is 11.5 Å². The van der Waals surface area contributed by atoms with Gasteiger partial charge in [0.25, 0.3) is 0 Å². The molecule has 0 amide bonds. The zero-order valence-electron chi connectivity index (χ0n) is 22.9. The van der Waals surface area contributed by atoms with Gasteiger partial charge in [-0.05, 0) is 18.2 Å². The summed E-state index contributed by atoms with van der Waals surface area (Å²) in [5, 5.41) is 26.8. The summed E-state index contributed by atoms with van der Waals surface area (Å²) < 4.78 is 27.6. The quantitative estimate of drug-likeness (QED) is 0.230. The fourth-order valence-electron chi connectivity index (χ4n) is 5.96. The number of hydrogen-bond acceptors (Lipinski definition) is 10. The van der Waals surface area contributed by atoms with E-state index in [2.05, 4.69) is 15.2 Å². The van der Waals surface area contributed by atoms with Crippen LogP contribution in [0.1, 0.15) is 11.9 Å². The van der Waals surface area contributed by atoms with Crippen LogP contribution in [-0.2, 0) is 9.47 Å². The van der Waals surface area contributed by atoms with Crippen molar-refractivity contribution in [3.8, 4) is 11.1 Å². The van der Waals surface area contributed by atoms with Gasteiger partial charge < -0.3 is 39.9 Å². The molecule has 0 radical (unpaired) electrons. The topological polar surface area (TPSA) is 141 Å². The lowest BCUT2D eigenvalue weighted by molar-refractivity contribution is -0.0436. The number of benzene rings is 1. The summed E-state index contributed by atoms with van der Waals surface area (Å²) in [5.74, 6) is -0.378. The van der Waals surface area contributed by atoms with E-state index in [4.69, 9.17) is 19.4 Å². The van der Waals surface area contributed by atoms with Crippen molar-refractivity contribution < 1.29 is 24.1 Å². The summed E-state index contributed by atoms with van der Waals surface area (Å²) in [5.41, 5.74) is 3.83. The third-order valence-electron chi connectivity index (χ3n) is 8.00. The monoisotopic (exact) mass is 575 g/mol. The van der Waals surface area contributed by atoms with E-state index >= 15 is 0 Å². The number of aromatic nitrogens is 4. The van der Waals surface area contributed by atoms with Gasteiger partial charge in [0.2, 0.25) is 0 Å². The van der Waals surface area contributed by atoms with Crippen LogP contribution in [0.5, 0.6) is 0 Å². The lowest BCUT2D eigenvalue weighted by Gasteiger charge is -2.32. The first-order valence-electron chi connectivity index (χ1n) is 13.8. The van der Waals surface area contributed by atoms with Crippen LogP contribution in [0.2, 0.25) is 0 Å². The normalized spacial score (nSPS) is 16.3. The SMILES string of the molecule is CNc1cc(F)cc2c1[nH]c1ncc(-c3cnc4c(c3)c(=O)c(C(O)O)cn4N3CCOCC3)c(N3CCOCC3)c12. The minimum atomic E-state index is -1.96. The number of anilines is 2. The van der Waals surface area contributed by atoms with Crippen LogP contribution in [0.3, 0.4) is 0 Å². The molecular formula is C29H30FN7O5. The molecule has 12 nitrogen and oxygen atoms in total. The first-order chi connectivity index (χ1) is 20.4. The Kier molecular flexibility index (Phi) is 6.66. The van der Waals surface area contributed by atoms with Gasteiger partial charge >= 0.3 is 0 Å². The zero-order chi connectivity index (χ0) is 29.0. The van der Waals surface area contributed by atoms with Gasteiger partial charge in [0.15, 0.2) is 17.4 Å². The lowest BCUT2D eigenvalue weighted by atomic mass is 10.0. The maximum Gasteiger partial charge on any atom is 0.199 e. The second kappa shape index (κ2) is 10.5. The van der Waals surface area contributed by atoms with Crippen LogP contribution in [0.4, 0.5) is 15.8 Å². The number of nitrogens with one attached hydrogen (secondary N) is 2. The number of H-pyrrole nitrogens is 1. The Bertz CT molecular complexity index is 1880. The van der Waals surface area contributed by atoms with Crippen molar-refractivity contribution >= 4 is 44.3 Å². The molecule has 2 aliphatic heterocycles. The minimum Gasteiger partial charge on any atom is -0.386 e. The molecule has 4 N–H and O–H groups in total. The molecule has 4 aromatic heterocycles. The number of nitrogens with zero attached hydrogens (tertiary/aromatic N) is 5. The molecule has 0 unspecified atom stereocenters. The van der Waals surface area contributed by atoms with Crippen LogP contribution in [0, 0.1) is 5.82 Å². The first-order valence-corrected chi connectivity index (χ1v) is 13.8. The number of aromatic amines is 1. The number of fused-ring (bicyclic) bond motifs is 4. The van der Waals surface area contributed by atoms with E-state index in [9.17, 15) is 19.4 Å². The molecule has 6 heterocycles. The van der Waals surface area contributed by atoms with Gasteiger partial charge in [0.05, 0.1) is 72.7 Å². The molecule has 2 fully saturated rings. The summed E-state index contributed by atoms with van der Waals surface area (Å²) >= 11 is 0. The van der Waals surface area contributed by atoms with Crippen molar-refractivity contribution in [3.63, 3.8) is 0 Å². The predicted octanol–water partition coefficient (Wildman–Crippen LogP) is 2.06. The largest absolute Gasteiger partial charge is 0.386 e. The summed E-state index contributed by atoms with van der Waals surface area (Å²) in [6, 6.07) is 4.65. The van der Waals surface area contributed by atoms with Crippen molar-refractivity contribution in [2.45, 2.75) is 6.29 Å². The highest BCUT2D eigenvalue weighted by Crippen LogP contribution is 2.42. The summed E-state index contributed by atoms with van der Waals surface area (Å²) in [7, 11) is 1.74. The van der Waals surface area contributed by atoms with Gasteiger partial charge in [-0.1, -0.05) is 0 Å². The second-order valence-corrected chi connectivity index (χ2v) is 10.4. The Labute approximate surface area is 238 Å². The van der Waals surface area contributed by atoms with Crippen LogP contribution in [0.25, 0.3) is 44.1 Å². The fraction of sp³-hybridized carbons (Fsp3) is 0.345. The fourth-order valence-corrected chi connectivity index (χ4v) is 5.96. The van der Waals surface area contributed by atoms with Crippen molar-refractivity contribution in [1.29, 1.82) is 0 Å². The molecule has 0 spiro atoms. The van der Waals surface area contributed by atoms with E-state index in [0.717, 1.165) is 16.6 Å². The van der Waals surface area contributed by atoms with Crippen molar-refractivity contribution in [3.05, 3.63) is 58.4 Å². The number of pyridine rings is 3. The summed E-state index contributed by atoms with van der Waals surface area (Å²) in [6.07, 6.45) is 2.89. The van der Waals surface area contributed by atoms with Crippen LogP contribution >= 0.6 is 0 Å². The van der Waals surface area contributed by atoms with Gasteiger partial charge in [-0.15, -0.1) is 0 Å². The van der Waals surface area contributed by atoms with E-state index in [-0.39, 0.29) is 16.8 Å². The molecule has 13 heteroatoms. The smallest absolute Gasteiger partial charge is 0.199 e. The highest BCUT2D eigenvalue weighted by Gasteiger charge is 2.25. The molecule has 0 aliphatic carbocycles. The molecule has 7 rings (SSSR count). The molecule has 2 saturated heterocycles. The van der Waals surface area contributed by atoms with E-state index in [1.54, 1.807) is 30.2 Å². The Balaban J connectivity index is 1.50. The Hall–Kier alpha value is -4.30. The zero-order valence-corrected chi connectivity index (χ0v) is 22.9. The van der Waals surface area contributed by atoms with E-state index in [0.29, 0.717) is 86.1 Å². The van der Waals surface area contributed by atoms with Gasteiger partial charge in [0, 0.05) is 55.2 Å². The van der Waals surface area contributed by atoms with Crippen LogP contribution < -0.4 is 20.7 Å². The summed E-state index contributed by atoms with van der Waals surface area (Å²) in [6.45, 7) is 4.37. The third kappa shape index (κ3) is 4.32. The minimum absolute atomic E-state index is 0.151. The molecule has 42 heavy (non-hydrogen) atoms. The van der Waals surface area contributed by atoms with Crippen LogP contribution in [0.15, 0.2) is 41.6 Å². The second-order valence-electron chi connectivity index (χ2n) is 10.4. The van der Waals surface area contributed by atoms with Gasteiger partial charge in [-0.3, -0.25) is 4.79 Å². The molecule has 0 bridgehead atoms. The summed E-state index contributed by atoms with van der Waals surface area (Å²) in [4.78, 5) is 28.5. The van der Waals surface area contributed by atoms with E-state index in [1.165, 1.54) is 18.3 Å². The first kappa shape index (κ1) is 26.6. The predicted molar refractivity (Wildman–Crippen MR) is 157 cm³/mol. The Morgan fingerprint density at radius 3 is 2.45 bits per heavy atom. The Morgan fingerprint density at radius 2 is 1.74 bits per heavy atom.